The zero-order chi connectivity index (χ0) is 17.3. The SMILES string of the molecule is Cc1cc(Br)oc1C(=O)NCc1ccc(-n2ccnc2C)c(F)c1. The number of aryl methyl sites for hydroxylation is 2. The molecule has 0 saturated carbocycles. The van der Waals surface area contributed by atoms with Gasteiger partial charge in [-0.25, -0.2) is 9.37 Å². The Morgan fingerprint density at radius 3 is 2.75 bits per heavy atom. The lowest BCUT2D eigenvalue weighted by atomic mass is 10.2. The van der Waals surface area contributed by atoms with E-state index in [-0.39, 0.29) is 24.0 Å². The van der Waals surface area contributed by atoms with E-state index in [1.54, 1.807) is 49.0 Å². The molecule has 24 heavy (non-hydrogen) atoms. The molecule has 0 bridgehead atoms. The second-order valence-corrected chi connectivity index (χ2v) is 6.16. The van der Waals surface area contributed by atoms with Crippen molar-refractivity contribution in [2.24, 2.45) is 0 Å². The first-order valence-corrected chi connectivity index (χ1v) is 8.08. The Hall–Kier alpha value is -2.41. The Bertz CT molecular complexity index is 901. The van der Waals surface area contributed by atoms with Crippen LogP contribution in [0.1, 0.15) is 27.5 Å². The molecule has 0 aliphatic carbocycles. The van der Waals surface area contributed by atoms with Crippen LogP contribution >= 0.6 is 15.9 Å². The number of hydrogen-bond donors (Lipinski definition) is 1. The average Bonchev–Trinajstić information content (AvgIpc) is 3.10. The normalized spacial score (nSPS) is 10.8. The van der Waals surface area contributed by atoms with E-state index in [4.69, 9.17) is 4.42 Å². The molecule has 0 aliphatic rings. The van der Waals surface area contributed by atoms with Crippen LogP contribution in [0.15, 0.2) is 45.7 Å². The number of carbonyl (C=O) groups excluding carboxylic acids is 1. The van der Waals surface area contributed by atoms with Crippen LogP contribution in [0.2, 0.25) is 0 Å². The molecule has 0 atom stereocenters. The zero-order valence-electron chi connectivity index (χ0n) is 13.1. The molecule has 7 heteroatoms. The lowest BCUT2D eigenvalue weighted by Gasteiger charge is -2.09. The van der Waals surface area contributed by atoms with Crippen molar-refractivity contribution in [3.8, 4) is 5.69 Å². The van der Waals surface area contributed by atoms with Crippen LogP contribution in [-0.2, 0) is 6.54 Å². The lowest BCUT2D eigenvalue weighted by Crippen LogP contribution is -2.23. The maximum Gasteiger partial charge on any atom is 0.287 e. The monoisotopic (exact) mass is 391 g/mol. The fourth-order valence-electron chi connectivity index (χ4n) is 2.42. The van der Waals surface area contributed by atoms with E-state index < -0.39 is 0 Å². The smallest absolute Gasteiger partial charge is 0.287 e. The van der Waals surface area contributed by atoms with Gasteiger partial charge < -0.3 is 14.3 Å². The van der Waals surface area contributed by atoms with Crippen molar-refractivity contribution >= 4 is 21.8 Å². The molecule has 1 N–H and O–H groups in total. The molecule has 0 radical (unpaired) electrons. The van der Waals surface area contributed by atoms with Gasteiger partial charge in [0, 0.05) is 24.5 Å². The lowest BCUT2D eigenvalue weighted by molar-refractivity contribution is 0.0921. The molecule has 0 saturated heterocycles. The number of rotatable bonds is 4. The molecule has 3 rings (SSSR count). The molecule has 2 aromatic heterocycles. The number of halogens is 2. The van der Waals surface area contributed by atoms with Gasteiger partial charge >= 0.3 is 0 Å². The van der Waals surface area contributed by atoms with Gasteiger partial charge in [0.1, 0.15) is 11.6 Å². The van der Waals surface area contributed by atoms with Crippen LogP contribution in [0, 0.1) is 19.7 Å². The summed E-state index contributed by atoms with van der Waals surface area (Å²) in [6, 6.07) is 6.56. The van der Waals surface area contributed by atoms with E-state index in [0.29, 0.717) is 21.7 Å². The minimum absolute atomic E-state index is 0.205. The summed E-state index contributed by atoms with van der Waals surface area (Å²) >= 11 is 3.19. The third-order valence-corrected chi connectivity index (χ3v) is 4.04. The van der Waals surface area contributed by atoms with E-state index in [9.17, 15) is 9.18 Å². The number of carbonyl (C=O) groups is 1. The highest BCUT2D eigenvalue weighted by Crippen LogP contribution is 2.20. The summed E-state index contributed by atoms with van der Waals surface area (Å²) in [5.41, 5.74) is 1.81. The second kappa shape index (κ2) is 6.60. The molecule has 3 aromatic rings. The number of amides is 1. The highest BCUT2D eigenvalue weighted by Gasteiger charge is 2.15. The summed E-state index contributed by atoms with van der Waals surface area (Å²) in [7, 11) is 0. The average molecular weight is 392 g/mol. The van der Waals surface area contributed by atoms with Crippen LogP contribution in [0.25, 0.3) is 5.69 Å². The van der Waals surface area contributed by atoms with Crippen molar-refractivity contribution in [3.63, 3.8) is 0 Å². The predicted molar refractivity (Wildman–Crippen MR) is 90.6 cm³/mol. The molecular weight excluding hydrogens is 377 g/mol. The topological polar surface area (TPSA) is 60.1 Å². The summed E-state index contributed by atoms with van der Waals surface area (Å²) in [6.07, 6.45) is 3.32. The first kappa shape index (κ1) is 16.4. The fourth-order valence-corrected chi connectivity index (χ4v) is 2.92. The quantitative estimate of drug-likeness (QED) is 0.733. The zero-order valence-corrected chi connectivity index (χ0v) is 14.7. The van der Waals surface area contributed by atoms with Crippen molar-refractivity contribution in [3.05, 3.63) is 69.9 Å². The molecule has 0 spiro atoms. The first-order chi connectivity index (χ1) is 11.5. The van der Waals surface area contributed by atoms with E-state index in [1.165, 1.54) is 6.07 Å². The maximum atomic E-state index is 14.3. The first-order valence-electron chi connectivity index (χ1n) is 7.28. The van der Waals surface area contributed by atoms with E-state index >= 15 is 0 Å². The summed E-state index contributed by atoms with van der Waals surface area (Å²) < 4.78 is 21.8. The van der Waals surface area contributed by atoms with E-state index in [0.717, 1.165) is 5.56 Å². The fraction of sp³-hybridized carbons (Fsp3) is 0.176. The minimum atomic E-state index is -0.375. The van der Waals surface area contributed by atoms with Crippen molar-refractivity contribution in [1.29, 1.82) is 0 Å². The van der Waals surface area contributed by atoms with Crippen molar-refractivity contribution in [1.82, 2.24) is 14.9 Å². The summed E-state index contributed by atoms with van der Waals surface area (Å²) in [5, 5.41) is 2.72. The number of nitrogens with one attached hydrogen (secondary N) is 1. The Morgan fingerprint density at radius 1 is 1.38 bits per heavy atom. The number of aromatic nitrogens is 2. The summed E-state index contributed by atoms with van der Waals surface area (Å²) in [6.45, 7) is 3.79. The Labute approximate surface area is 146 Å². The van der Waals surface area contributed by atoms with Crippen LogP contribution in [-0.4, -0.2) is 15.5 Å². The molecule has 2 heterocycles. The number of imidazole rings is 1. The van der Waals surface area contributed by atoms with Gasteiger partial charge in [0.15, 0.2) is 10.4 Å². The standard InChI is InChI=1S/C17H15BrFN3O2/c1-10-7-15(18)24-16(10)17(23)21-9-12-3-4-14(13(19)8-12)22-6-5-20-11(22)2/h3-8H,9H2,1-2H3,(H,21,23). The number of benzene rings is 1. The maximum absolute atomic E-state index is 14.3. The number of furan rings is 1. The molecule has 5 nitrogen and oxygen atoms in total. The van der Waals surface area contributed by atoms with Gasteiger partial charge in [0.25, 0.3) is 5.91 Å². The number of nitrogens with zero attached hydrogens (tertiary/aromatic N) is 2. The van der Waals surface area contributed by atoms with E-state index in [2.05, 4.69) is 26.2 Å². The Kier molecular flexibility index (Phi) is 4.53. The summed E-state index contributed by atoms with van der Waals surface area (Å²) in [5.74, 6) is 0.231. The van der Waals surface area contributed by atoms with Gasteiger partial charge in [0.2, 0.25) is 0 Å². The molecule has 0 fully saturated rings. The van der Waals surface area contributed by atoms with Gasteiger partial charge in [-0.05, 0) is 53.5 Å². The Morgan fingerprint density at radius 2 is 2.17 bits per heavy atom. The molecular formula is C17H15BrFN3O2. The van der Waals surface area contributed by atoms with Gasteiger partial charge in [-0.2, -0.15) is 0 Å². The molecule has 0 aliphatic heterocycles. The van der Waals surface area contributed by atoms with Crippen molar-refractivity contribution in [2.45, 2.75) is 20.4 Å². The van der Waals surface area contributed by atoms with Gasteiger partial charge in [0.05, 0.1) is 5.69 Å². The van der Waals surface area contributed by atoms with Crippen LogP contribution in [0.3, 0.4) is 0 Å². The van der Waals surface area contributed by atoms with Crippen LogP contribution < -0.4 is 5.32 Å². The van der Waals surface area contributed by atoms with Crippen molar-refractivity contribution in [2.75, 3.05) is 0 Å². The number of hydrogen-bond acceptors (Lipinski definition) is 3. The van der Waals surface area contributed by atoms with Crippen LogP contribution in [0.5, 0.6) is 0 Å². The van der Waals surface area contributed by atoms with Gasteiger partial charge in [-0.15, -0.1) is 0 Å². The predicted octanol–water partition coefficient (Wildman–Crippen LogP) is 3.91. The molecule has 124 valence electrons. The van der Waals surface area contributed by atoms with Gasteiger partial charge in [-0.3, -0.25) is 4.79 Å². The largest absolute Gasteiger partial charge is 0.444 e. The second-order valence-electron chi connectivity index (χ2n) is 5.38. The van der Waals surface area contributed by atoms with Crippen molar-refractivity contribution < 1.29 is 13.6 Å². The molecule has 1 amide bonds. The molecule has 0 unspecified atom stereocenters. The van der Waals surface area contributed by atoms with Gasteiger partial charge in [-0.1, -0.05) is 6.07 Å². The third-order valence-electron chi connectivity index (χ3n) is 3.64. The summed E-state index contributed by atoms with van der Waals surface area (Å²) in [4.78, 5) is 16.2. The highest BCUT2D eigenvalue weighted by atomic mass is 79.9. The van der Waals surface area contributed by atoms with E-state index in [1.807, 2.05) is 0 Å². The minimum Gasteiger partial charge on any atom is -0.444 e. The highest BCUT2D eigenvalue weighted by molar-refractivity contribution is 9.10. The Balaban J connectivity index is 1.73. The van der Waals surface area contributed by atoms with Crippen LogP contribution in [0.4, 0.5) is 4.39 Å². The third kappa shape index (κ3) is 3.26. The molecule has 1 aromatic carbocycles.